The van der Waals surface area contributed by atoms with Gasteiger partial charge in [-0.3, -0.25) is 0 Å². The number of aliphatic hydroxyl groups excluding tert-OH is 3. The van der Waals surface area contributed by atoms with Gasteiger partial charge in [-0.05, 0) is 24.1 Å². The Morgan fingerprint density at radius 1 is 1.19 bits per heavy atom. The van der Waals surface area contributed by atoms with Crippen LogP contribution in [0.5, 0.6) is 5.75 Å². The van der Waals surface area contributed by atoms with E-state index >= 15 is 0 Å². The zero-order valence-corrected chi connectivity index (χ0v) is 8.91. The van der Waals surface area contributed by atoms with E-state index in [1.54, 1.807) is 6.26 Å². The number of fused-ring (bicyclic) bond motifs is 1. The molecule has 0 aromatic heterocycles. The van der Waals surface area contributed by atoms with Gasteiger partial charge in [-0.15, -0.1) is 0 Å². The van der Waals surface area contributed by atoms with Crippen LogP contribution in [0.15, 0.2) is 36.6 Å². The van der Waals surface area contributed by atoms with Crippen LogP contribution in [0.2, 0.25) is 0 Å². The molecule has 0 aliphatic carbocycles. The number of rotatable bonds is 2. The summed E-state index contributed by atoms with van der Waals surface area (Å²) in [7, 11) is 0. The van der Waals surface area contributed by atoms with E-state index in [1.807, 2.05) is 24.3 Å². The summed E-state index contributed by atoms with van der Waals surface area (Å²) in [6.45, 7) is -0.729. The molecular formula is C12H16O4. The Labute approximate surface area is 94.4 Å². The van der Waals surface area contributed by atoms with E-state index in [9.17, 15) is 0 Å². The van der Waals surface area contributed by atoms with Crippen molar-refractivity contribution in [2.24, 2.45) is 0 Å². The summed E-state index contributed by atoms with van der Waals surface area (Å²) in [4.78, 5) is 0. The minimum atomic E-state index is -0.954. The average molecular weight is 224 g/mol. The maximum absolute atomic E-state index is 8.17. The van der Waals surface area contributed by atoms with E-state index in [-0.39, 0.29) is 13.2 Å². The summed E-state index contributed by atoms with van der Waals surface area (Å²) in [5.41, 5.74) is 1.27. The molecule has 0 amide bonds. The van der Waals surface area contributed by atoms with E-state index in [2.05, 4.69) is 6.07 Å². The van der Waals surface area contributed by atoms with Crippen LogP contribution < -0.4 is 4.74 Å². The molecule has 0 fully saturated rings. The SMILES string of the molecule is C1=COc2ccccc2C1.OCC(O)CO. The van der Waals surface area contributed by atoms with Crippen molar-refractivity contribution < 1.29 is 20.1 Å². The van der Waals surface area contributed by atoms with Crippen molar-refractivity contribution in [2.75, 3.05) is 13.2 Å². The normalized spacial score (nSPS) is 12.5. The molecule has 1 aromatic rings. The Bertz CT molecular complexity index is 305. The summed E-state index contributed by atoms with van der Waals surface area (Å²) < 4.78 is 5.24. The third-order valence-corrected chi connectivity index (χ3v) is 2.02. The molecule has 0 atom stereocenters. The van der Waals surface area contributed by atoms with E-state index in [0.717, 1.165) is 12.2 Å². The highest BCUT2D eigenvalue weighted by Crippen LogP contribution is 2.21. The van der Waals surface area contributed by atoms with E-state index in [1.165, 1.54) is 5.56 Å². The fraction of sp³-hybridized carbons (Fsp3) is 0.333. The van der Waals surface area contributed by atoms with Crippen LogP contribution in [0.3, 0.4) is 0 Å². The summed E-state index contributed by atoms with van der Waals surface area (Å²) in [6.07, 6.45) is 3.80. The Morgan fingerprint density at radius 3 is 2.44 bits per heavy atom. The third kappa shape index (κ3) is 4.02. The fourth-order valence-electron chi connectivity index (χ4n) is 1.14. The molecule has 16 heavy (non-hydrogen) atoms. The molecule has 2 rings (SSSR count). The molecule has 0 saturated heterocycles. The standard InChI is InChI=1S/C9H8O.C3H8O3/c1-2-6-9-8(4-1)5-3-7-10-9;4-1-3(6)2-5/h1-4,6-7H,5H2;3-6H,1-2H2. The first-order chi connectivity index (χ1) is 7.77. The van der Waals surface area contributed by atoms with Crippen molar-refractivity contribution in [1.82, 2.24) is 0 Å². The van der Waals surface area contributed by atoms with Crippen molar-refractivity contribution in [3.8, 4) is 5.75 Å². The lowest BCUT2D eigenvalue weighted by molar-refractivity contribution is 0.0450. The third-order valence-electron chi connectivity index (χ3n) is 2.02. The van der Waals surface area contributed by atoms with Gasteiger partial charge in [0.05, 0.1) is 19.5 Å². The van der Waals surface area contributed by atoms with Gasteiger partial charge in [-0.2, -0.15) is 0 Å². The molecule has 0 saturated carbocycles. The van der Waals surface area contributed by atoms with Gasteiger partial charge < -0.3 is 20.1 Å². The molecule has 0 radical (unpaired) electrons. The van der Waals surface area contributed by atoms with Gasteiger partial charge in [-0.1, -0.05) is 18.2 Å². The largest absolute Gasteiger partial charge is 0.465 e. The Morgan fingerprint density at radius 2 is 1.88 bits per heavy atom. The predicted octanol–water partition coefficient (Wildman–Crippen LogP) is 0.467. The Balaban J connectivity index is 0.000000187. The lowest BCUT2D eigenvalue weighted by Crippen LogP contribution is -2.15. The molecule has 0 bridgehead atoms. The van der Waals surface area contributed by atoms with Gasteiger partial charge >= 0.3 is 0 Å². The molecule has 3 N–H and O–H groups in total. The Kier molecular flexibility index (Phi) is 5.56. The number of ether oxygens (including phenoxy) is 1. The van der Waals surface area contributed by atoms with Crippen LogP contribution in [0, 0.1) is 0 Å². The second kappa shape index (κ2) is 7.00. The van der Waals surface area contributed by atoms with Gasteiger partial charge in [-0.25, -0.2) is 0 Å². The van der Waals surface area contributed by atoms with E-state index in [4.69, 9.17) is 20.1 Å². The topological polar surface area (TPSA) is 69.9 Å². The molecule has 0 spiro atoms. The quantitative estimate of drug-likeness (QED) is 0.683. The van der Waals surface area contributed by atoms with Gasteiger partial charge in [0, 0.05) is 0 Å². The monoisotopic (exact) mass is 224 g/mol. The Hall–Kier alpha value is -1.36. The highest BCUT2D eigenvalue weighted by atomic mass is 16.5. The zero-order chi connectivity index (χ0) is 11.8. The summed E-state index contributed by atoms with van der Waals surface area (Å²) >= 11 is 0. The van der Waals surface area contributed by atoms with E-state index in [0.29, 0.717) is 0 Å². The smallest absolute Gasteiger partial charge is 0.130 e. The fourth-order valence-corrected chi connectivity index (χ4v) is 1.14. The molecule has 4 nitrogen and oxygen atoms in total. The molecule has 88 valence electrons. The lowest BCUT2D eigenvalue weighted by atomic mass is 10.1. The minimum Gasteiger partial charge on any atom is -0.465 e. The lowest BCUT2D eigenvalue weighted by Gasteiger charge is -2.09. The summed E-state index contributed by atoms with van der Waals surface area (Å²) in [6, 6.07) is 8.08. The molecular weight excluding hydrogens is 208 g/mol. The van der Waals surface area contributed by atoms with Crippen molar-refractivity contribution in [3.05, 3.63) is 42.2 Å². The molecule has 4 heteroatoms. The van der Waals surface area contributed by atoms with Crippen LogP contribution in [0.25, 0.3) is 0 Å². The van der Waals surface area contributed by atoms with Gasteiger partial charge in [0.1, 0.15) is 11.9 Å². The number of allylic oxidation sites excluding steroid dienone is 1. The minimum absolute atomic E-state index is 0.365. The maximum atomic E-state index is 8.17. The maximum Gasteiger partial charge on any atom is 0.130 e. The van der Waals surface area contributed by atoms with Crippen LogP contribution in [0.1, 0.15) is 5.56 Å². The number of aliphatic hydroxyl groups is 3. The van der Waals surface area contributed by atoms with Crippen LogP contribution >= 0.6 is 0 Å². The van der Waals surface area contributed by atoms with Crippen molar-refractivity contribution >= 4 is 0 Å². The molecule has 1 aromatic carbocycles. The molecule has 1 aliphatic rings. The van der Waals surface area contributed by atoms with Crippen LogP contribution in [-0.2, 0) is 6.42 Å². The van der Waals surface area contributed by atoms with Crippen LogP contribution in [-0.4, -0.2) is 34.6 Å². The first-order valence-corrected chi connectivity index (χ1v) is 5.07. The average Bonchev–Trinajstić information content (AvgIpc) is 2.38. The number of hydrogen-bond donors (Lipinski definition) is 3. The molecule has 1 heterocycles. The number of benzene rings is 1. The number of para-hydroxylation sites is 1. The highest BCUT2D eigenvalue weighted by Gasteiger charge is 2.02. The van der Waals surface area contributed by atoms with Crippen molar-refractivity contribution in [1.29, 1.82) is 0 Å². The molecule has 0 unspecified atom stereocenters. The second-order valence-corrected chi connectivity index (χ2v) is 3.32. The molecule has 1 aliphatic heterocycles. The van der Waals surface area contributed by atoms with Gasteiger partial charge in [0.15, 0.2) is 0 Å². The first kappa shape index (κ1) is 12.7. The predicted molar refractivity (Wildman–Crippen MR) is 60.1 cm³/mol. The summed E-state index contributed by atoms with van der Waals surface area (Å²) in [5.74, 6) is 0.991. The first-order valence-electron chi connectivity index (χ1n) is 5.07. The summed E-state index contributed by atoms with van der Waals surface area (Å²) in [5, 5.41) is 24.0. The van der Waals surface area contributed by atoms with Gasteiger partial charge in [0.2, 0.25) is 0 Å². The van der Waals surface area contributed by atoms with Crippen molar-refractivity contribution in [3.63, 3.8) is 0 Å². The number of hydrogen-bond acceptors (Lipinski definition) is 4. The highest BCUT2D eigenvalue weighted by molar-refractivity contribution is 5.36. The van der Waals surface area contributed by atoms with Crippen LogP contribution in [0.4, 0.5) is 0 Å². The van der Waals surface area contributed by atoms with Crippen molar-refractivity contribution in [2.45, 2.75) is 12.5 Å². The second-order valence-electron chi connectivity index (χ2n) is 3.32. The zero-order valence-electron chi connectivity index (χ0n) is 8.91. The van der Waals surface area contributed by atoms with E-state index < -0.39 is 6.10 Å². The van der Waals surface area contributed by atoms with Gasteiger partial charge in [0.25, 0.3) is 0 Å².